The molecule has 2 aromatic rings. The molecule has 1 unspecified atom stereocenters. The predicted molar refractivity (Wildman–Crippen MR) is 119 cm³/mol. The Hall–Kier alpha value is -2.38. The summed E-state index contributed by atoms with van der Waals surface area (Å²) in [6.07, 6.45) is 8.51. The zero-order valence-electron chi connectivity index (χ0n) is 17.8. The number of H-pyrrole nitrogens is 1. The topological polar surface area (TPSA) is 80.5 Å². The molecule has 0 spiro atoms. The van der Waals surface area contributed by atoms with Crippen molar-refractivity contribution in [1.82, 2.24) is 20.1 Å². The molecule has 1 aliphatic carbocycles. The molecule has 2 fully saturated rings. The first kappa shape index (κ1) is 20.9. The molecule has 1 atom stereocenters. The lowest BCUT2D eigenvalue weighted by Crippen LogP contribution is -2.53. The van der Waals surface area contributed by atoms with Crippen LogP contribution in [0.1, 0.15) is 39.0 Å². The van der Waals surface area contributed by atoms with E-state index in [1.807, 2.05) is 24.3 Å². The van der Waals surface area contributed by atoms with Crippen molar-refractivity contribution in [3.63, 3.8) is 0 Å². The Morgan fingerprint density at radius 1 is 1.10 bits per heavy atom. The number of para-hydroxylation sites is 1. The zero-order valence-corrected chi connectivity index (χ0v) is 17.8. The van der Waals surface area contributed by atoms with Crippen molar-refractivity contribution in [2.45, 2.75) is 51.1 Å². The molecule has 7 heteroatoms. The summed E-state index contributed by atoms with van der Waals surface area (Å²) in [5.74, 6) is -0.307. The quantitative estimate of drug-likeness (QED) is 0.683. The van der Waals surface area contributed by atoms with E-state index in [-0.39, 0.29) is 11.8 Å². The molecule has 7 nitrogen and oxygen atoms in total. The maximum atomic E-state index is 12.5. The van der Waals surface area contributed by atoms with Gasteiger partial charge >= 0.3 is 0 Å². The standard InChI is InChI=1S/C23H33N5O2/c1-17(23(30)26-21-15-24-20-10-6-5-9-19(20)21)25-22(29)16-27-11-13-28(14-12-27)18-7-3-2-4-8-18/h5-6,9-10,15,17-18,24H,2-4,7-8,11-14,16H2,1H3,(H,25,29)(H,26,30). The second kappa shape index (κ2) is 9.62. The lowest BCUT2D eigenvalue weighted by molar-refractivity contribution is -0.127. The molecule has 3 N–H and O–H groups in total. The molecule has 162 valence electrons. The van der Waals surface area contributed by atoms with Crippen molar-refractivity contribution < 1.29 is 9.59 Å². The van der Waals surface area contributed by atoms with Crippen LogP contribution in [0.15, 0.2) is 30.5 Å². The smallest absolute Gasteiger partial charge is 0.246 e. The Balaban J connectivity index is 1.21. The minimum Gasteiger partial charge on any atom is -0.359 e. The van der Waals surface area contributed by atoms with Crippen LogP contribution in [0.5, 0.6) is 0 Å². The van der Waals surface area contributed by atoms with Crippen LogP contribution in [0, 0.1) is 0 Å². The first-order valence-electron chi connectivity index (χ1n) is 11.2. The molecule has 1 saturated heterocycles. The van der Waals surface area contributed by atoms with Gasteiger partial charge in [0.1, 0.15) is 6.04 Å². The number of hydrogen-bond acceptors (Lipinski definition) is 4. The number of carbonyl (C=O) groups excluding carboxylic acids is 2. The van der Waals surface area contributed by atoms with Crippen molar-refractivity contribution in [3.8, 4) is 0 Å². The summed E-state index contributed by atoms with van der Waals surface area (Å²) in [5, 5.41) is 6.71. The van der Waals surface area contributed by atoms with E-state index in [1.54, 1.807) is 13.1 Å². The zero-order chi connectivity index (χ0) is 20.9. The van der Waals surface area contributed by atoms with Gasteiger partial charge in [-0.2, -0.15) is 0 Å². The molecule has 1 aromatic heterocycles. The van der Waals surface area contributed by atoms with E-state index in [9.17, 15) is 9.59 Å². The number of aromatic amines is 1. The maximum absolute atomic E-state index is 12.5. The van der Waals surface area contributed by atoms with Gasteiger partial charge in [-0.1, -0.05) is 37.5 Å². The molecular weight excluding hydrogens is 378 g/mol. The van der Waals surface area contributed by atoms with Crippen molar-refractivity contribution in [2.75, 3.05) is 38.0 Å². The van der Waals surface area contributed by atoms with Gasteiger partial charge in [-0.05, 0) is 25.8 Å². The molecular formula is C23H33N5O2. The van der Waals surface area contributed by atoms with Gasteiger partial charge in [0.05, 0.1) is 12.2 Å². The van der Waals surface area contributed by atoms with Crippen LogP contribution in [-0.4, -0.2) is 71.4 Å². The summed E-state index contributed by atoms with van der Waals surface area (Å²) < 4.78 is 0. The third-order valence-electron chi connectivity index (χ3n) is 6.48. The highest BCUT2D eigenvalue weighted by atomic mass is 16.2. The summed E-state index contributed by atoms with van der Waals surface area (Å²) in [7, 11) is 0. The van der Waals surface area contributed by atoms with Crippen LogP contribution in [0.25, 0.3) is 10.9 Å². The van der Waals surface area contributed by atoms with Gasteiger partial charge in [0.2, 0.25) is 11.8 Å². The van der Waals surface area contributed by atoms with Crippen LogP contribution >= 0.6 is 0 Å². The SMILES string of the molecule is CC(NC(=O)CN1CCN(C2CCCCC2)CC1)C(=O)Nc1c[nH]c2ccccc12. The Morgan fingerprint density at radius 2 is 1.83 bits per heavy atom. The normalized spacial score (nSPS) is 20.2. The van der Waals surface area contributed by atoms with Gasteiger partial charge in [-0.15, -0.1) is 0 Å². The van der Waals surface area contributed by atoms with Gasteiger partial charge in [-0.3, -0.25) is 19.4 Å². The van der Waals surface area contributed by atoms with Crippen LogP contribution < -0.4 is 10.6 Å². The van der Waals surface area contributed by atoms with Crippen molar-refractivity contribution >= 4 is 28.4 Å². The van der Waals surface area contributed by atoms with E-state index < -0.39 is 6.04 Å². The third kappa shape index (κ3) is 5.02. The van der Waals surface area contributed by atoms with Crippen LogP contribution in [0.2, 0.25) is 0 Å². The second-order valence-corrected chi connectivity index (χ2v) is 8.63. The number of aromatic nitrogens is 1. The molecule has 30 heavy (non-hydrogen) atoms. The number of benzene rings is 1. The first-order chi connectivity index (χ1) is 14.6. The summed E-state index contributed by atoms with van der Waals surface area (Å²) in [6.45, 7) is 5.98. The van der Waals surface area contributed by atoms with Crippen LogP contribution in [-0.2, 0) is 9.59 Å². The fourth-order valence-corrected chi connectivity index (χ4v) is 4.70. The Labute approximate surface area is 178 Å². The first-order valence-corrected chi connectivity index (χ1v) is 11.2. The highest BCUT2D eigenvalue weighted by Crippen LogP contribution is 2.24. The third-order valence-corrected chi connectivity index (χ3v) is 6.48. The highest BCUT2D eigenvalue weighted by Gasteiger charge is 2.26. The van der Waals surface area contributed by atoms with E-state index >= 15 is 0 Å². The second-order valence-electron chi connectivity index (χ2n) is 8.63. The Bertz CT molecular complexity index is 865. The molecule has 0 bridgehead atoms. The summed E-state index contributed by atoms with van der Waals surface area (Å²) in [4.78, 5) is 32.9. The van der Waals surface area contributed by atoms with Crippen molar-refractivity contribution in [2.24, 2.45) is 0 Å². The fraction of sp³-hybridized carbons (Fsp3) is 0.565. The summed E-state index contributed by atoms with van der Waals surface area (Å²) in [6, 6.07) is 7.95. The number of piperazine rings is 1. The average molecular weight is 412 g/mol. The molecule has 0 radical (unpaired) electrons. The van der Waals surface area contributed by atoms with Crippen molar-refractivity contribution in [1.29, 1.82) is 0 Å². The largest absolute Gasteiger partial charge is 0.359 e. The summed E-state index contributed by atoms with van der Waals surface area (Å²) >= 11 is 0. The highest BCUT2D eigenvalue weighted by molar-refractivity contribution is 6.04. The van der Waals surface area contributed by atoms with E-state index in [0.29, 0.717) is 6.54 Å². The molecule has 2 aliphatic rings. The number of fused-ring (bicyclic) bond motifs is 1. The number of carbonyl (C=O) groups is 2. The number of nitrogens with one attached hydrogen (secondary N) is 3. The monoisotopic (exact) mass is 411 g/mol. The molecule has 1 aromatic carbocycles. The summed E-state index contributed by atoms with van der Waals surface area (Å²) in [5.41, 5.74) is 1.70. The lowest BCUT2D eigenvalue weighted by Gasteiger charge is -2.40. The molecule has 1 aliphatic heterocycles. The predicted octanol–water partition coefficient (Wildman–Crippen LogP) is 2.56. The molecule has 1 saturated carbocycles. The minimum absolute atomic E-state index is 0.0947. The van der Waals surface area contributed by atoms with E-state index in [1.165, 1.54) is 32.1 Å². The van der Waals surface area contributed by atoms with Gasteiger partial charge in [0.25, 0.3) is 0 Å². The van der Waals surface area contributed by atoms with Crippen molar-refractivity contribution in [3.05, 3.63) is 30.5 Å². The van der Waals surface area contributed by atoms with E-state index in [2.05, 4.69) is 25.4 Å². The van der Waals surface area contributed by atoms with Crippen LogP contribution in [0.3, 0.4) is 0 Å². The van der Waals surface area contributed by atoms with Gasteiger partial charge in [0, 0.05) is 49.3 Å². The molecule has 2 amide bonds. The number of hydrogen-bond donors (Lipinski definition) is 3. The molecule has 4 rings (SSSR count). The average Bonchev–Trinajstić information content (AvgIpc) is 3.17. The number of anilines is 1. The van der Waals surface area contributed by atoms with Crippen LogP contribution in [0.4, 0.5) is 5.69 Å². The van der Waals surface area contributed by atoms with E-state index in [4.69, 9.17) is 0 Å². The fourth-order valence-electron chi connectivity index (χ4n) is 4.70. The number of amides is 2. The number of nitrogens with zero attached hydrogens (tertiary/aromatic N) is 2. The lowest BCUT2D eigenvalue weighted by atomic mass is 9.94. The van der Waals surface area contributed by atoms with E-state index in [0.717, 1.165) is 48.8 Å². The Kier molecular flexibility index (Phi) is 6.69. The maximum Gasteiger partial charge on any atom is 0.246 e. The van der Waals surface area contributed by atoms with Gasteiger partial charge in [-0.25, -0.2) is 0 Å². The van der Waals surface area contributed by atoms with Gasteiger partial charge in [0.15, 0.2) is 0 Å². The Morgan fingerprint density at radius 3 is 2.60 bits per heavy atom. The minimum atomic E-state index is -0.588. The van der Waals surface area contributed by atoms with Gasteiger partial charge < -0.3 is 15.6 Å². The number of rotatable bonds is 6. The molecule has 2 heterocycles.